The lowest BCUT2D eigenvalue weighted by atomic mass is 10.1. The van der Waals surface area contributed by atoms with Crippen LogP contribution >= 0.6 is 11.8 Å². The molecule has 1 heterocycles. The van der Waals surface area contributed by atoms with Gasteiger partial charge in [0.25, 0.3) is 5.91 Å². The molecule has 0 radical (unpaired) electrons. The number of nitrogens with zero attached hydrogens (tertiary/aromatic N) is 2. The van der Waals surface area contributed by atoms with Gasteiger partial charge >= 0.3 is 0 Å². The summed E-state index contributed by atoms with van der Waals surface area (Å²) >= 11 is 1.13. The molecular formula is C25H20F2N2O4S. The largest absolute Gasteiger partial charge is 0.496 e. The second kappa shape index (κ2) is 9.96. The third-order valence-electron chi connectivity index (χ3n) is 4.97. The molecule has 174 valence electrons. The highest BCUT2D eigenvalue weighted by Crippen LogP contribution is 2.41. The van der Waals surface area contributed by atoms with E-state index in [9.17, 15) is 13.6 Å². The fraction of sp³-hybridized carbons (Fsp3) is 0.120. The lowest BCUT2D eigenvalue weighted by Crippen LogP contribution is -2.28. The highest BCUT2D eigenvalue weighted by molar-refractivity contribution is 8.19. The van der Waals surface area contributed by atoms with Crippen LogP contribution in [0.3, 0.4) is 0 Å². The zero-order valence-electron chi connectivity index (χ0n) is 18.5. The van der Waals surface area contributed by atoms with Gasteiger partial charge in [-0.05, 0) is 66.4 Å². The Morgan fingerprint density at radius 3 is 1.94 bits per heavy atom. The van der Waals surface area contributed by atoms with Crippen LogP contribution in [0, 0.1) is 11.6 Å². The van der Waals surface area contributed by atoms with Crippen LogP contribution in [0.15, 0.2) is 70.6 Å². The Balaban J connectivity index is 1.82. The van der Waals surface area contributed by atoms with Crippen LogP contribution in [0.5, 0.6) is 17.2 Å². The minimum Gasteiger partial charge on any atom is -0.496 e. The summed E-state index contributed by atoms with van der Waals surface area (Å²) in [5.41, 5.74) is 1.45. The topological polar surface area (TPSA) is 60.4 Å². The standard InChI is InChI=1S/C25H20F2N2O4S/c1-31-19-12-21(32-2)20(22(13-19)33-3)14-23-24(30)29(18-10-6-16(27)7-11-18)25(34-23)28-17-8-4-15(26)5-9-17/h4-14H,1-3H3/b23-14+,28-25?. The van der Waals surface area contributed by atoms with Crippen LogP contribution in [0.1, 0.15) is 5.56 Å². The maximum atomic E-state index is 13.5. The van der Waals surface area contributed by atoms with Crippen LogP contribution in [-0.4, -0.2) is 32.4 Å². The first-order valence-corrected chi connectivity index (χ1v) is 10.9. The van der Waals surface area contributed by atoms with Gasteiger partial charge in [0, 0.05) is 12.1 Å². The lowest BCUT2D eigenvalue weighted by molar-refractivity contribution is -0.113. The summed E-state index contributed by atoms with van der Waals surface area (Å²) in [6.45, 7) is 0. The molecule has 0 aromatic heterocycles. The van der Waals surface area contributed by atoms with Crippen LogP contribution in [-0.2, 0) is 4.79 Å². The highest BCUT2D eigenvalue weighted by Gasteiger charge is 2.35. The van der Waals surface area contributed by atoms with Crippen molar-refractivity contribution in [3.8, 4) is 17.2 Å². The monoisotopic (exact) mass is 482 g/mol. The Kier molecular flexibility index (Phi) is 6.83. The first-order valence-electron chi connectivity index (χ1n) is 10.1. The van der Waals surface area contributed by atoms with Crippen LogP contribution in [0.2, 0.25) is 0 Å². The van der Waals surface area contributed by atoms with Gasteiger partial charge in [-0.1, -0.05) is 0 Å². The molecular weight excluding hydrogens is 462 g/mol. The number of amides is 1. The SMILES string of the molecule is COc1cc(OC)c(/C=C2/SC(=Nc3ccc(F)cc3)N(c3ccc(F)cc3)C2=O)c(OC)c1. The number of ether oxygens (including phenoxy) is 3. The van der Waals surface area contributed by atoms with Gasteiger partial charge in [0.15, 0.2) is 5.17 Å². The van der Waals surface area contributed by atoms with Crippen LogP contribution in [0.25, 0.3) is 6.08 Å². The van der Waals surface area contributed by atoms with E-state index in [4.69, 9.17) is 14.2 Å². The summed E-state index contributed by atoms with van der Waals surface area (Å²) in [4.78, 5) is 19.7. The Hall–Kier alpha value is -3.85. The molecule has 34 heavy (non-hydrogen) atoms. The normalized spacial score (nSPS) is 15.8. The average Bonchev–Trinajstić information content (AvgIpc) is 3.15. The molecule has 0 spiro atoms. The summed E-state index contributed by atoms with van der Waals surface area (Å²) < 4.78 is 43.1. The number of hydrogen-bond acceptors (Lipinski definition) is 6. The van der Waals surface area contributed by atoms with Crippen LogP contribution < -0.4 is 19.1 Å². The zero-order valence-corrected chi connectivity index (χ0v) is 19.4. The van der Waals surface area contributed by atoms with Gasteiger partial charge in [0.1, 0.15) is 28.9 Å². The van der Waals surface area contributed by atoms with Crippen LogP contribution in [0.4, 0.5) is 20.2 Å². The number of anilines is 1. The summed E-state index contributed by atoms with van der Waals surface area (Å²) in [6, 6.07) is 14.5. The fourth-order valence-corrected chi connectivity index (χ4v) is 4.28. The highest BCUT2D eigenvalue weighted by atomic mass is 32.2. The minimum atomic E-state index is -0.427. The van der Waals surface area contributed by atoms with E-state index in [2.05, 4.69) is 4.99 Å². The third-order valence-corrected chi connectivity index (χ3v) is 5.94. The summed E-state index contributed by atoms with van der Waals surface area (Å²) in [7, 11) is 4.54. The molecule has 0 aliphatic carbocycles. The van der Waals surface area contributed by atoms with Gasteiger partial charge < -0.3 is 14.2 Å². The van der Waals surface area contributed by atoms with E-state index in [0.29, 0.717) is 44.3 Å². The van der Waals surface area contributed by atoms with E-state index in [1.807, 2.05) is 0 Å². The number of halogens is 2. The molecule has 4 rings (SSSR count). The van der Waals surface area contributed by atoms with Crippen molar-refractivity contribution in [1.29, 1.82) is 0 Å². The van der Waals surface area contributed by atoms with Crippen molar-refractivity contribution in [2.75, 3.05) is 26.2 Å². The predicted molar refractivity (Wildman–Crippen MR) is 129 cm³/mol. The van der Waals surface area contributed by atoms with Gasteiger partial charge in [0.2, 0.25) is 0 Å². The first kappa shape index (κ1) is 23.3. The quantitative estimate of drug-likeness (QED) is 0.416. The molecule has 3 aromatic rings. The molecule has 0 bridgehead atoms. The molecule has 3 aromatic carbocycles. The number of carbonyl (C=O) groups is 1. The van der Waals surface area contributed by atoms with Gasteiger partial charge in [-0.2, -0.15) is 0 Å². The lowest BCUT2D eigenvalue weighted by Gasteiger charge is -2.15. The van der Waals surface area contributed by atoms with Crippen molar-refractivity contribution in [3.05, 3.63) is 82.8 Å². The van der Waals surface area contributed by atoms with Crippen molar-refractivity contribution in [1.82, 2.24) is 0 Å². The van der Waals surface area contributed by atoms with Gasteiger partial charge in [-0.3, -0.25) is 9.69 Å². The summed E-state index contributed by atoms with van der Waals surface area (Å²) in [5, 5.41) is 0.334. The molecule has 1 saturated heterocycles. The zero-order chi connectivity index (χ0) is 24.2. The summed E-state index contributed by atoms with van der Waals surface area (Å²) in [6.07, 6.45) is 1.65. The maximum Gasteiger partial charge on any atom is 0.271 e. The van der Waals surface area contributed by atoms with Crippen molar-refractivity contribution in [2.45, 2.75) is 0 Å². The molecule has 1 fully saturated rings. The predicted octanol–water partition coefficient (Wildman–Crippen LogP) is 5.80. The smallest absolute Gasteiger partial charge is 0.271 e. The Morgan fingerprint density at radius 1 is 0.853 bits per heavy atom. The minimum absolute atomic E-state index is 0.334. The molecule has 0 unspecified atom stereocenters. The van der Waals surface area contributed by atoms with E-state index in [1.54, 1.807) is 18.2 Å². The maximum absolute atomic E-state index is 13.5. The Morgan fingerprint density at radius 2 is 1.41 bits per heavy atom. The number of thioether (sulfide) groups is 1. The molecule has 0 atom stereocenters. The molecule has 1 amide bonds. The van der Waals surface area contributed by atoms with Crippen molar-refractivity contribution < 1.29 is 27.8 Å². The number of amidine groups is 1. The van der Waals surface area contributed by atoms with Gasteiger partial charge in [-0.15, -0.1) is 0 Å². The van der Waals surface area contributed by atoms with Crippen molar-refractivity contribution >= 4 is 40.3 Å². The molecule has 0 saturated carbocycles. The molecule has 6 nitrogen and oxygen atoms in total. The molecule has 0 N–H and O–H groups in total. The van der Waals surface area contributed by atoms with Gasteiger partial charge in [-0.25, -0.2) is 13.8 Å². The number of carbonyl (C=O) groups excluding carboxylic acids is 1. The van der Waals surface area contributed by atoms with E-state index in [1.165, 1.54) is 74.8 Å². The molecule has 1 aliphatic heterocycles. The average molecular weight is 483 g/mol. The van der Waals surface area contributed by atoms with Gasteiger partial charge in [0.05, 0.1) is 43.2 Å². The number of rotatable bonds is 6. The number of aliphatic imine (C=N–C) groups is 1. The second-order valence-electron chi connectivity index (χ2n) is 7.04. The van der Waals surface area contributed by atoms with E-state index in [0.717, 1.165) is 11.8 Å². The summed E-state index contributed by atoms with van der Waals surface area (Å²) in [5.74, 6) is 0.256. The molecule has 9 heteroatoms. The van der Waals surface area contributed by atoms with E-state index < -0.39 is 11.6 Å². The van der Waals surface area contributed by atoms with E-state index in [-0.39, 0.29) is 5.91 Å². The number of methoxy groups -OCH3 is 3. The van der Waals surface area contributed by atoms with Crippen molar-refractivity contribution in [2.24, 2.45) is 4.99 Å². The third kappa shape index (κ3) is 4.74. The second-order valence-corrected chi connectivity index (χ2v) is 8.05. The number of hydrogen-bond donors (Lipinski definition) is 0. The first-order chi connectivity index (χ1) is 16.4. The van der Waals surface area contributed by atoms with E-state index >= 15 is 0 Å². The van der Waals surface area contributed by atoms with Crippen molar-refractivity contribution in [3.63, 3.8) is 0 Å². The fourth-order valence-electron chi connectivity index (χ4n) is 3.30. The molecule has 1 aliphatic rings. The Bertz CT molecular complexity index is 1250. The number of benzene rings is 3. The Labute approximate surface area is 199 Å².